The van der Waals surface area contributed by atoms with Crippen LogP contribution < -0.4 is 10.1 Å². The van der Waals surface area contributed by atoms with Gasteiger partial charge in [0, 0.05) is 23.7 Å². The molecule has 0 spiro atoms. The number of alkyl halides is 3. The molecule has 1 N–H and O–H groups in total. The third-order valence-electron chi connectivity index (χ3n) is 6.68. The number of amidine groups is 1. The molecule has 0 saturated carbocycles. The first kappa shape index (κ1) is 26.6. The van der Waals surface area contributed by atoms with Gasteiger partial charge in [-0.1, -0.05) is 48.0 Å². The Hall–Kier alpha value is -4.05. The highest BCUT2D eigenvalue weighted by molar-refractivity contribution is 6.30. The monoisotopic (exact) mass is 556 g/mol. The molecule has 2 aliphatic heterocycles. The van der Waals surface area contributed by atoms with Crippen LogP contribution >= 0.6 is 11.6 Å². The summed E-state index contributed by atoms with van der Waals surface area (Å²) in [6, 6.07) is 16.7. The zero-order valence-electron chi connectivity index (χ0n) is 20.8. The highest BCUT2D eigenvalue weighted by Gasteiger charge is 2.44. The van der Waals surface area contributed by atoms with Crippen LogP contribution in [0.2, 0.25) is 5.02 Å². The number of hydrogen-bond acceptors (Lipinski definition) is 4. The smallest absolute Gasteiger partial charge is 0.416 e. The van der Waals surface area contributed by atoms with E-state index in [-0.39, 0.29) is 12.5 Å². The molecule has 3 aromatic carbocycles. The van der Waals surface area contributed by atoms with Crippen molar-refractivity contribution in [1.82, 2.24) is 15.1 Å². The highest BCUT2D eigenvalue weighted by Crippen LogP contribution is 2.45. The predicted octanol–water partition coefficient (Wildman–Crippen LogP) is 5.46. The van der Waals surface area contributed by atoms with Crippen LogP contribution in [0.15, 0.2) is 77.8 Å². The minimum Gasteiger partial charge on any atom is -0.497 e. The number of ether oxygens (including phenoxy) is 1. The van der Waals surface area contributed by atoms with Gasteiger partial charge in [0.25, 0.3) is 0 Å². The van der Waals surface area contributed by atoms with Crippen LogP contribution in [-0.4, -0.2) is 54.3 Å². The van der Waals surface area contributed by atoms with E-state index >= 15 is 0 Å². The van der Waals surface area contributed by atoms with Crippen LogP contribution in [-0.2, 0) is 11.0 Å². The first-order valence-corrected chi connectivity index (χ1v) is 12.5. The van der Waals surface area contributed by atoms with Gasteiger partial charge < -0.3 is 15.0 Å². The third-order valence-corrected chi connectivity index (χ3v) is 6.91. The Morgan fingerprint density at radius 3 is 2.46 bits per heavy atom. The van der Waals surface area contributed by atoms with Gasteiger partial charge in [0.05, 0.1) is 18.7 Å². The third kappa shape index (κ3) is 5.42. The number of amides is 3. The molecule has 0 radical (unpaired) electrons. The number of urea groups is 1. The van der Waals surface area contributed by atoms with Crippen LogP contribution in [0, 0.1) is 0 Å². The maximum Gasteiger partial charge on any atom is 0.416 e. The van der Waals surface area contributed by atoms with E-state index < -0.39 is 29.9 Å². The number of benzene rings is 3. The quantitative estimate of drug-likeness (QED) is 0.463. The normalized spacial score (nSPS) is 19.5. The summed E-state index contributed by atoms with van der Waals surface area (Å²) in [5.41, 5.74) is 0.919. The standard InChI is InChI=1S/C28H24ClF3N4O3/c1-39-22-7-3-5-19(15-22)26-34-24(17-8-10-20(11-9-17)28(30,31)32)25(18-4-2-6-21(29)14-18)36(26)27(38)35-13-12-33-23(37)16-35/h2-11,14-15,24-25H,12-13,16H2,1H3,(H,33,37). The van der Waals surface area contributed by atoms with Crippen molar-refractivity contribution in [2.24, 2.45) is 4.99 Å². The summed E-state index contributed by atoms with van der Waals surface area (Å²) in [6.07, 6.45) is -4.49. The van der Waals surface area contributed by atoms with E-state index in [9.17, 15) is 22.8 Å². The molecule has 3 aromatic rings. The minimum atomic E-state index is -4.49. The maximum atomic E-state index is 14.1. The van der Waals surface area contributed by atoms with Crippen molar-refractivity contribution in [2.75, 3.05) is 26.7 Å². The molecule has 7 nitrogen and oxygen atoms in total. The number of carbonyl (C=O) groups is 2. The summed E-state index contributed by atoms with van der Waals surface area (Å²) in [6.45, 7) is 0.460. The molecule has 5 rings (SSSR count). The SMILES string of the molecule is COc1cccc(C2=NC(c3ccc(C(F)(F)F)cc3)C(c3cccc(Cl)c3)N2C(=O)N2CCNC(=O)C2)c1. The van der Waals surface area contributed by atoms with Gasteiger partial charge in [-0.15, -0.1) is 0 Å². The van der Waals surface area contributed by atoms with Crippen molar-refractivity contribution in [3.63, 3.8) is 0 Å². The molecule has 39 heavy (non-hydrogen) atoms. The van der Waals surface area contributed by atoms with E-state index in [4.69, 9.17) is 21.3 Å². The van der Waals surface area contributed by atoms with Gasteiger partial charge in [-0.05, 0) is 47.5 Å². The molecule has 11 heteroatoms. The Morgan fingerprint density at radius 2 is 1.79 bits per heavy atom. The van der Waals surface area contributed by atoms with Crippen LogP contribution in [0.3, 0.4) is 0 Å². The van der Waals surface area contributed by atoms with Crippen molar-refractivity contribution in [1.29, 1.82) is 0 Å². The van der Waals surface area contributed by atoms with Gasteiger partial charge in [-0.2, -0.15) is 13.2 Å². The number of aliphatic imine (C=N–C) groups is 1. The van der Waals surface area contributed by atoms with Crippen LogP contribution in [0.1, 0.15) is 34.3 Å². The van der Waals surface area contributed by atoms with E-state index in [1.54, 1.807) is 48.5 Å². The number of carbonyl (C=O) groups excluding carboxylic acids is 2. The maximum absolute atomic E-state index is 14.1. The molecular weight excluding hydrogens is 533 g/mol. The van der Waals surface area contributed by atoms with E-state index in [1.165, 1.54) is 29.0 Å². The van der Waals surface area contributed by atoms with Crippen molar-refractivity contribution in [3.05, 3.63) is 100 Å². The van der Waals surface area contributed by atoms with Crippen LogP contribution in [0.5, 0.6) is 5.75 Å². The number of nitrogens with one attached hydrogen (secondary N) is 1. The predicted molar refractivity (Wildman–Crippen MR) is 140 cm³/mol. The first-order chi connectivity index (χ1) is 18.7. The van der Waals surface area contributed by atoms with E-state index in [0.29, 0.717) is 46.4 Å². The average molecular weight is 557 g/mol. The number of halogens is 4. The molecule has 2 aliphatic rings. The fraction of sp³-hybridized carbons (Fsp3) is 0.250. The van der Waals surface area contributed by atoms with Gasteiger partial charge in [0.2, 0.25) is 5.91 Å². The van der Waals surface area contributed by atoms with Crippen molar-refractivity contribution in [2.45, 2.75) is 18.3 Å². The van der Waals surface area contributed by atoms with Gasteiger partial charge in [-0.25, -0.2) is 4.79 Å². The summed E-state index contributed by atoms with van der Waals surface area (Å²) >= 11 is 6.33. The highest BCUT2D eigenvalue weighted by atomic mass is 35.5. The number of rotatable bonds is 4. The van der Waals surface area contributed by atoms with Crippen LogP contribution in [0.4, 0.5) is 18.0 Å². The van der Waals surface area contributed by atoms with Crippen molar-refractivity contribution < 1.29 is 27.5 Å². The number of methoxy groups -OCH3 is 1. The lowest BCUT2D eigenvalue weighted by Crippen LogP contribution is -2.55. The summed E-state index contributed by atoms with van der Waals surface area (Å²) < 4.78 is 45.3. The number of nitrogens with zero attached hydrogens (tertiary/aromatic N) is 3. The molecule has 3 amide bonds. The summed E-state index contributed by atoms with van der Waals surface area (Å²) in [7, 11) is 1.52. The second-order valence-electron chi connectivity index (χ2n) is 9.17. The first-order valence-electron chi connectivity index (χ1n) is 12.2. The van der Waals surface area contributed by atoms with Gasteiger partial charge in [0.1, 0.15) is 24.2 Å². The van der Waals surface area contributed by atoms with Gasteiger partial charge >= 0.3 is 12.2 Å². The van der Waals surface area contributed by atoms with Crippen molar-refractivity contribution in [3.8, 4) is 5.75 Å². The fourth-order valence-corrected chi connectivity index (χ4v) is 5.02. The lowest BCUT2D eigenvalue weighted by molar-refractivity contribution is -0.137. The average Bonchev–Trinajstić information content (AvgIpc) is 3.33. The molecule has 2 unspecified atom stereocenters. The minimum absolute atomic E-state index is 0.131. The Bertz CT molecular complexity index is 1430. The molecule has 2 atom stereocenters. The lowest BCUT2D eigenvalue weighted by atomic mass is 9.93. The van der Waals surface area contributed by atoms with E-state index in [2.05, 4.69) is 5.32 Å². The van der Waals surface area contributed by atoms with Crippen LogP contribution in [0.25, 0.3) is 0 Å². The fourth-order valence-electron chi connectivity index (χ4n) is 4.83. The van der Waals surface area contributed by atoms with Gasteiger partial charge in [0.15, 0.2) is 0 Å². The van der Waals surface area contributed by atoms with Gasteiger partial charge in [-0.3, -0.25) is 14.7 Å². The molecule has 2 heterocycles. The zero-order valence-corrected chi connectivity index (χ0v) is 21.5. The Kier molecular flexibility index (Phi) is 7.22. The zero-order chi connectivity index (χ0) is 27.7. The Labute approximate surface area is 227 Å². The molecule has 0 bridgehead atoms. The number of hydrogen-bond donors (Lipinski definition) is 1. The molecule has 202 valence electrons. The molecule has 0 aliphatic carbocycles. The summed E-state index contributed by atoms with van der Waals surface area (Å²) in [4.78, 5) is 34.1. The Morgan fingerprint density at radius 1 is 1.05 bits per heavy atom. The summed E-state index contributed by atoms with van der Waals surface area (Å²) in [5, 5.41) is 3.14. The van der Waals surface area contributed by atoms with Crippen molar-refractivity contribution >= 4 is 29.4 Å². The molecular formula is C28H24ClF3N4O3. The Balaban J connectivity index is 1.67. The lowest BCUT2D eigenvalue weighted by Gasteiger charge is -2.35. The topological polar surface area (TPSA) is 74.2 Å². The molecule has 0 aromatic heterocycles. The largest absolute Gasteiger partial charge is 0.497 e. The summed E-state index contributed by atoms with van der Waals surface area (Å²) in [5.74, 6) is 0.559. The van der Waals surface area contributed by atoms with E-state index in [1.807, 2.05) is 0 Å². The van der Waals surface area contributed by atoms with E-state index in [0.717, 1.165) is 12.1 Å². The number of piperazine rings is 1. The second-order valence-corrected chi connectivity index (χ2v) is 9.61. The second kappa shape index (κ2) is 10.6. The molecule has 1 fully saturated rings. The molecule has 1 saturated heterocycles.